The van der Waals surface area contributed by atoms with Crippen LogP contribution >= 0.6 is 0 Å². The molecule has 0 amide bonds. The summed E-state index contributed by atoms with van der Waals surface area (Å²) in [6, 6.07) is 22.0. The molecule has 0 unspecified atom stereocenters. The first kappa shape index (κ1) is 12.9. The van der Waals surface area contributed by atoms with E-state index in [1.165, 1.54) is 12.3 Å². The Hall–Kier alpha value is -3.65. The van der Waals surface area contributed by atoms with E-state index in [-0.39, 0.29) is 11.1 Å². The van der Waals surface area contributed by atoms with Crippen molar-refractivity contribution < 1.29 is 17.2 Å². The van der Waals surface area contributed by atoms with Crippen LogP contribution in [0.25, 0.3) is 49.2 Å². The Bertz CT molecular complexity index is 1880. The summed E-state index contributed by atoms with van der Waals surface area (Å²) in [7, 11) is 0. The molecule has 4 aromatic carbocycles. The van der Waals surface area contributed by atoms with Crippen molar-refractivity contribution in [2.75, 3.05) is 0 Å². The number of rotatable bonds is 1. The quantitative estimate of drug-likeness (QED) is 0.205. The highest BCUT2D eigenvalue weighted by Gasteiger charge is 2.24. The van der Waals surface area contributed by atoms with Gasteiger partial charge in [-0.25, -0.2) is 0 Å². The Morgan fingerprint density at radius 2 is 1.45 bits per heavy atom. The first-order valence-electron chi connectivity index (χ1n) is 13.3. The van der Waals surface area contributed by atoms with Crippen LogP contribution in [0, 0.1) is 27.6 Å². The van der Waals surface area contributed by atoms with Gasteiger partial charge in [0.1, 0.15) is 5.58 Å². The lowest BCUT2D eigenvalue weighted by atomic mass is 9.99. The summed E-state index contributed by atoms with van der Waals surface area (Å²) < 4.78 is 56.2. The number of nitrogens with zero attached hydrogens (tertiary/aromatic N) is 1. The Labute approximate surface area is 189 Å². The van der Waals surface area contributed by atoms with Crippen molar-refractivity contribution in [3.05, 3.63) is 95.3 Å². The Balaban J connectivity index is 1.74. The fraction of sp³-hybridized carbons (Fsp3) is 0.138. The number of hydrogen-bond acceptors (Lipinski definition) is 1. The van der Waals surface area contributed by atoms with Gasteiger partial charge >= 0.3 is 0 Å². The molecule has 2 aromatic heterocycles. The van der Waals surface area contributed by atoms with Crippen LogP contribution < -0.4 is 4.57 Å². The van der Waals surface area contributed by atoms with Crippen LogP contribution in [-0.2, 0) is 0 Å². The van der Waals surface area contributed by atoms with Gasteiger partial charge in [-0.15, -0.1) is 0 Å². The van der Waals surface area contributed by atoms with Gasteiger partial charge in [-0.05, 0) is 54.5 Å². The van der Waals surface area contributed by atoms with E-state index in [9.17, 15) is 0 Å². The average Bonchev–Trinajstić information content (AvgIpc) is 3.21. The van der Waals surface area contributed by atoms with Crippen LogP contribution in [0.4, 0.5) is 0 Å². The molecule has 0 atom stereocenters. The van der Waals surface area contributed by atoms with E-state index in [1.54, 1.807) is 11.5 Å². The predicted octanol–water partition coefficient (Wildman–Crippen LogP) is 7.40. The molecule has 0 N–H and O–H groups in total. The Morgan fingerprint density at radius 1 is 0.710 bits per heavy atom. The summed E-state index contributed by atoms with van der Waals surface area (Å²) in [6.45, 7) is -1.42. The monoisotopic (exact) mass is 408 g/mol. The van der Waals surface area contributed by atoms with E-state index in [2.05, 4.69) is 36.4 Å². The summed E-state index contributed by atoms with van der Waals surface area (Å²) in [5, 5.41) is 6.18. The van der Waals surface area contributed by atoms with Crippen molar-refractivity contribution >= 4 is 43.5 Å². The molecule has 0 bridgehead atoms. The first-order valence-corrected chi connectivity index (χ1v) is 10.3. The number of benzene rings is 4. The summed E-state index contributed by atoms with van der Waals surface area (Å²) in [5.41, 5.74) is 3.22. The van der Waals surface area contributed by atoms with E-state index in [1.807, 2.05) is 31.2 Å². The molecule has 0 aliphatic rings. The molecular formula is C29H24NO+. The van der Waals surface area contributed by atoms with Crippen molar-refractivity contribution in [3.8, 4) is 5.69 Å². The minimum atomic E-state index is -2.59. The zero-order chi connectivity index (χ0) is 26.3. The molecule has 2 heterocycles. The van der Waals surface area contributed by atoms with Crippen LogP contribution in [0.3, 0.4) is 0 Å². The van der Waals surface area contributed by atoms with Gasteiger partial charge in [0.25, 0.3) is 5.69 Å². The van der Waals surface area contributed by atoms with Crippen molar-refractivity contribution in [2.24, 2.45) is 0 Å². The number of pyridine rings is 1. The van der Waals surface area contributed by atoms with Gasteiger partial charge in [-0.2, -0.15) is 4.57 Å². The summed E-state index contributed by atoms with van der Waals surface area (Å²) in [5.74, 6) is 0. The van der Waals surface area contributed by atoms with Gasteiger partial charge in [-0.3, -0.25) is 0 Å². The smallest absolute Gasteiger partial charge is 0.257 e. The maximum Gasteiger partial charge on any atom is 0.257 e. The first-order chi connectivity index (χ1) is 17.4. The molecule has 0 saturated carbocycles. The number of aryl methyl sites for hydroxylation is 4. The second-order valence-electron chi connectivity index (χ2n) is 8.15. The van der Waals surface area contributed by atoms with Gasteiger partial charge in [-0.1, -0.05) is 48.5 Å². The van der Waals surface area contributed by atoms with E-state index in [4.69, 9.17) is 12.6 Å². The standard InChI is InChI=1S/C29H24NO/c1-17-9-13-25-24-14-12-22-11-10-21-7-5-6-8-23(21)26(22)28(24)31-29(25)27(17)30-16-19(3)18(2)15-20(30)4/h5-16H,1-4H3/q+1/i2D3,3D3. The van der Waals surface area contributed by atoms with Gasteiger partial charge in [0.05, 0.1) is 0 Å². The molecular weight excluding hydrogens is 378 g/mol. The maximum atomic E-state index is 8.04. The highest BCUT2D eigenvalue weighted by atomic mass is 16.3. The largest absolute Gasteiger partial charge is 0.448 e. The lowest BCUT2D eigenvalue weighted by Crippen LogP contribution is -2.35. The molecule has 0 saturated heterocycles. The lowest BCUT2D eigenvalue weighted by molar-refractivity contribution is -0.602. The van der Waals surface area contributed by atoms with Crippen LogP contribution in [0.15, 0.2) is 77.3 Å². The lowest BCUT2D eigenvalue weighted by Gasteiger charge is -2.06. The third-order valence-corrected chi connectivity index (χ3v) is 6.21. The predicted molar refractivity (Wildman–Crippen MR) is 129 cm³/mol. The third-order valence-electron chi connectivity index (χ3n) is 6.21. The molecule has 0 spiro atoms. The van der Waals surface area contributed by atoms with Crippen molar-refractivity contribution in [2.45, 2.75) is 27.6 Å². The molecule has 150 valence electrons. The van der Waals surface area contributed by atoms with Gasteiger partial charge in [0.15, 0.2) is 11.9 Å². The molecule has 2 nitrogen and oxygen atoms in total. The number of aromatic nitrogens is 1. The minimum Gasteiger partial charge on any atom is -0.448 e. The van der Waals surface area contributed by atoms with Crippen LogP contribution in [0.1, 0.15) is 30.6 Å². The fourth-order valence-corrected chi connectivity index (χ4v) is 4.67. The normalized spacial score (nSPS) is 15.5. The van der Waals surface area contributed by atoms with E-state index in [0.717, 1.165) is 43.5 Å². The SMILES string of the molecule is [2H]C([2H])([2H])c1cc(C)[n+](-c2c(C)ccc3c2oc2c3ccc3ccc4ccccc4c32)cc1C([2H])([2H])[2H]. The van der Waals surface area contributed by atoms with Crippen LogP contribution in [0.2, 0.25) is 0 Å². The van der Waals surface area contributed by atoms with Gasteiger partial charge in [0.2, 0.25) is 5.58 Å². The second-order valence-corrected chi connectivity index (χ2v) is 8.15. The van der Waals surface area contributed by atoms with E-state index < -0.39 is 13.7 Å². The van der Waals surface area contributed by atoms with Crippen molar-refractivity contribution in [1.82, 2.24) is 0 Å². The Kier molecular flexibility index (Phi) is 2.67. The third kappa shape index (κ3) is 2.55. The zero-order valence-electron chi connectivity index (χ0n) is 23.3. The molecule has 31 heavy (non-hydrogen) atoms. The molecule has 0 aliphatic carbocycles. The molecule has 0 fully saturated rings. The minimum absolute atomic E-state index is 0.159. The van der Waals surface area contributed by atoms with Gasteiger partial charge < -0.3 is 4.42 Å². The van der Waals surface area contributed by atoms with Crippen molar-refractivity contribution in [1.29, 1.82) is 0 Å². The van der Waals surface area contributed by atoms with Gasteiger partial charge in [0, 0.05) is 48.5 Å². The molecule has 0 aliphatic heterocycles. The Morgan fingerprint density at radius 3 is 2.32 bits per heavy atom. The number of furan rings is 1. The van der Waals surface area contributed by atoms with Crippen LogP contribution in [-0.4, -0.2) is 0 Å². The fourth-order valence-electron chi connectivity index (χ4n) is 4.67. The molecule has 6 rings (SSSR count). The topological polar surface area (TPSA) is 17.0 Å². The van der Waals surface area contributed by atoms with Crippen LogP contribution in [0.5, 0.6) is 0 Å². The molecule has 6 aromatic rings. The maximum absolute atomic E-state index is 8.04. The van der Waals surface area contributed by atoms with E-state index >= 15 is 0 Å². The van der Waals surface area contributed by atoms with Crippen molar-refractivity contribution in [3.63, 3.8) is 0 Å². The highest BCUT2D eigenvalue weighted by Crippen LogP contribution is 2.39. The zero-order valence-corrected chi connectivity index (χ0v) is 17.3. The summed E-state index contributed by atoms with van der Waals surface area (Å²) in [4.78, 5) is 0. The second kappa shape index (κ2) is 6.42. The highest BCUT2D eigenvalue weighted by molar-refractivity contribution is 6.23. The summed E-state index contributed by atoms with van der Waals surface area (Å²) >= 11 is 0. The number of hydrogen-bond donors (Lipinski definition) is 0. The molecule has 2 heteroatoms. The number of fused-ring (bicyclic) bond motifs is 7. The van der Waals surface area contributed by atoms with E-state index in [0.29, 0.717) is 17.0 Å². The summed E-state index contributed by atoms with van der Waals surface area (Å²) in [6.07, 6.45) is 1.44. The molecule has 0 radical (unpaired) electrons. The average molecular weight is 409 g/mol.